The Labute approximate surface area is 151 Å². The number of rotatable bonds is 6. The SMILES string of the molecule is Cc1cc([C@@H](C)NC(=O)[C@H](NC(=O)c2cccs2)C(C)C)c(C)s1. The zero-order valence-corrected chi connectivity index (χ0v) is 16.3. The van der Waals surface area contributed by atoms with Gasteiger partial charge in [0.25, 0.3) is 5.91 Å². The minimum atomic E-state index is -0.554. The van der Waals surface area contributed by atoms with Gasteiger partial charge >= 0.3 is 0 Å². The van der Waals surface area contributed by atoms with E-state index in [1.165, 1.54) is 21.1 Å². The van der Waals surface area contributed by atoms with Crippen molar-refractivity contribution in [3.63, 3.8) is 0 Å². The topological polar surface area (TPSA) is 58.2 Å². The summed E-state index contributed by atoms with van der Waals surface area (Å²) in [4.78, 5) is 28.0. The van der Waals surface area contributed by atoms with E-state index in [2.05, 4.69) is 30.5 Å². The molecule has 2 amide bonds. The van der Waals surface area contributed by atoms with Gasteiger partial charge in [0.2, 0.25) is 5.91 Å². The van der Waals surface area contributed by atoms with Crippen molar-refractivity contribution in [3.05, 3.63) is 43.8 Å². The summed E-state index contributed by atoms with van der Waals surface area (Å²) in [6, 6.07) is 5.06. The molecule has 0 spiro atoms. The number of thiophene rings is 2. The zero-order chi connectivity index (χ0) is 17.9. The van der Waals surface area contributed by atoms with Gasteiger partial charge in [-0.3, -0.25) is 9.59 Å². The average molecular weight is 365 g/mol. The van der Waals surface area contributed by atoms with Gasteiger partial charge in [0.1, 0.15) is 6.04 Å². The first kappa shape index (κ1) is 18.7. The first-order valence-corrected chi connectivity index (χ1v) is 9.71. The van der Waals surface area contributed by atoms with Gasteiger partial charge < -0.3 is 10.6 Å². The molecule has 0 unspecified atom stereocenters. The van der Waals surface area contributed by atoms with Gasteiger partial charge in [0, 0.05) is 9.75 Å². The Hall–Kier alpha value is -1.66. The van der Waals surface area contributed by atoms with E-state index >= 15 is 0 Å². The Bertz CT molecular complexity index is 705. The molecule has 0 bridgehead atoms. The third kappa shape index (κ3) is 4.45. The second-order valence-corrected chi connectivity index (χ2v) is 8.68. The number of amides is 2. The van der Waals surface area contributed by atoms with Crippen molar-refractivity contribution in [1.82, 2.24) is 10.6 Å². The van der Waals surface area contributed by atoms with Crippen molar-refractivity contribution >= 4 is 34.5 Å². The average Bonchev–Trinajstić information content (AvgIpc) is 3.13. The number of carbonyl (C=O) groups excluding carboxylic acids is 2. The van der Waals surface area contributed by atoms with Gasteiger partial charge in [0.15, 0.2) is 0 Å². The second-order valence-electron chi connectivity index (χ2n) is 6.27. The van der Waals surface area contributed by atoms with E-state index < -0.39 is 6.04 Å². The predicted molar refractivity (Wildman–Crippen MR) is 101 cm³/mol. The quantitative estimate of drug-likeness (QED) is 0.812. The van der Waals surface area contributed by atoms with Crippen LogP contribution in [0.5, 0.6) is 0 Å². The summed E-state index contributed by atoms with van der Waals surface area (Å²) in [6.45, 7) is 9.97. The Morgan fingerprint density at radius 3 is 2.33 bits per heavy atom. The van der Waals surface area contributed by atoms with Crippen molar-refractivity contribution in [2.24, 2.45) is 5.92 Å². The molecule has 2 atom stereocenters. The van der Waals surface area contributed by atoms with Crippen LogP contribution in [0.3, 0.4) is 0 Å². The first-order chi connectivity index (χ1) is 11.3. The van der Waals surface area contributed by atoms with Gasteiger partial charge in [0.05, 0.1) is 10.9 Å². The molecule has 24 heavy (non-hydrogen) atoms. The normalized spacial score (nSPS) is 13.6. The molecule has 0 saturated heterocycles. The lowest BCUT2D eigenvalue weighted by molar-refractivity contribution is -0.124. The van der Waals surface area contributed by atoms with Crippen molar-refractivity contribution in [2.45, 2.75) is 46.7 Å². The number of carbonyl (C=O) groups is 2. The van der Waals surface area contributed by atoms with Crippen LogP contribution in [0.2, 0.25) is 0 Å². The predicted octanol–water partition coefficient (Wildman–Crippen LogP) is 4.06. The first-order valence-electron chi connectivity index (χ1n) is 8.01. The molecule has 2 aromatic heterocycles. The van der Waals surface area contributed by atoms with Gasteiger partial charge in [-0.15, -0.1) is 22.7 Å². The maximum Gasteiger partial charge on any atom is 0.262 e. The van der Waals surface area contributed by atoms with E-state index in [9.17, 15) is 9.59 Å². The molecule has 2 N–H and O–H groups in total. The van der Waals surface area contributed by atoms with Crippen LogP contribution in [0.15, 0.2) is 23.6 Å². The minimum Gasteiger partial charge on any atom is -0.348 e. The van der Waals surface area contributed by atoms with Gasteiger partial charge in [-0.2, -0.15) is 0 Å². The zero-order valence-electron chi connectivity index (χ0n) is 14.7. The van der Waals surface area contributed by atoms with Crippen LogP contribution < -0.4 is 10.6 Å². The maximum absolute atomic E-state index is 12.7. The summed E-state index contributed by atoms with van der Waals surface area (Å²) in [5.41, 5.74) is 1.14. The smallest absolute Gasteiger partial charge is 0.262 e. The Morgan fingerprint density at radius 1 is 1.12 bits per heavy atom. The minimum absolute atomic E-state index is 0.00594. The molecule has 130 valence electrons. The molecule has 0 aliphatic heterocycles. The number of hydrogen-bond donors (Lipinski definition) is 2. The molecule has 6 heteroatoms. The van der Waals surface area contributed by atoms with Crippen molar-refractivity contribution in [1.29, 1.82) is 0 Å². The summed E-state index contributed by atoms with van der Waals surface area (Å²) in [5.74, 6) is -0.342. The number of aryl methyl sites for hydroxylation is 2. The molecule has 0 aliphatic rings. The molecular weight excluding hydrogens is 340 g/mol. The van der Waals surface area contributed by atoms with Crippen LogP contribution in [-0.2, 0) is 4.79 Å². The van der Waals surface area contributed by atoms with E-state index in [1.54, 1.807) is 17.4 Å². The van der Waals surface area contributed by atoms with Crippen LogP contribution in [0.4, 0.5) is 0 Å². The fourth-order valence-electron chi connectivity index (χ4n) is 2.62. The summed E-state index contributed by atoms with van der Waals surface area (Å²) in [6.07, 6.45) is 0. The molecule has 2 rings (SSSR count). The number of hydrogen-bond acceptors (Lipinski definition) is 4. The summed E-state index contributed by atoms with van der Waals surface area (Å²) in [5, 5.41) is 7.75. The third-order valence-corrected chi connectivity index (χ3v) is 5.74. The third-order valence-electron chi connectivity index (χ3n) is 3.89. The van der Waals surface area contributed by atoms with E-state index in [-0.39, 0.29) is 23.8 Å². The number of nitrogens with one attached hydrogen (secondary N) is 2. The fraction of sp³-hybridized carbons (Fsp3) is 0.444. The molecule has 0 aliphatic carbocycles. The van der Waals surface area contributed by atoms with Crippen LogP contribution in [0, 0.1) is 19.8 Å². The van der Waals surface area contributed by atoms with E-state index in [1.807, 2.05) is 32.2 Å². The van der Waals surface area contributed by atoms with Crippen LogP contribution >= 0.6 is 22.7 Å². The van der Waals surface area contributed by atoms with Gasteiger partial charge in [-0.1, -0.05) is 19.9 Å². The molecule has 2 aromatic rings. The Kier molecular flexibility index (Phi) is 6.18. The fourth-order valence-corrected chi connectivity index (χ4v) is 4.27. The molecular formula is C18H24N2O2S2. The standard InChI is InChI=1S/C18H24N2O2S2/c1-10(2)16(20-17(21)15-7-6-8-23-15)18(22)19-12(4)14-9-11(3)24-13(14)5/h6-10,12,16H,1-5H3,(H,19,22)(H,20,21)/t12-,16-/m1/s1. The van der Waals surface area contributed by atoms with E-state index in [0.717, 1.165) is 5.56 Å². The highest BCUT2D eigenvalue weighted by Gasteiger charge is 2.26. The second kappa shape index (κ2) is 7.94. The summed E-state index contributed by atoms with van der Waals surface area (Å²) in [7, 11) is 0. The highest BCUT2D eigenvalue weighted by atomic mass is 32.1. The lowest BCUT2D eigenvalue weighted by Gasteiger charge is -2.24. The van der Waals surface area contributed by atoms with Gasteiger partial charge in [-0.05, 0) is 49.8 Å². The van der Waals surface area contributed by atoms with Crippen LogP contribution in [0.1, 0.15) is 51.8 Å². The Balaban J connectivity index is 2.06. The molecule has 0 saturated carbocycles. The molecule has 0 aromatic carbocycles. The summed E-state index contributed by atoms with van der Waals surface area (Å²) >= 11 is 3.10. The van der Waals surface area contributed by atoms with Crippen molar-refractivity contribution < 1.29 is 9.59 Å². The molecule has 2 heterocycles. The molecule has 0 fully saturated rings. The van der Waals surface area contributed by atoms with E-state index in [0.29, 0.717) is 4.88 Å². The highest BCUT2D eigenvalue weighted by molar-refractivity contribution is 7.12. The van der Waals surface area contributed by atoms with E-state index in [4.69, 9.17) is 0 Å². The monoisotopic (exact) mass is 364 g/mol. The maximum atomic E-state index is 12.7. The highest BCUT2D eigenvalue weighted by Crippen LogP contribution is 2.26. The van der Waals surface area contributed by atoms with Crippen molar-refractivity contribution in [2.75, 3.05) is 0 Å². The lowest BCUT2D eigenvalue weighted by Crippen LogP contribution is -2.50. The summed E-state index contributed by atoms with van der Waals surface area (Å²) < 4.78 is 0. The Morgan fingerprint density at radius 2 is 1.83 bits per heavy atom. The van der Waals surface area contributed by atoms with Crippen molar-refractivity contribution in [3.8, 4) is 0 Å². The lowest BCUT2D eigenvalue weighted by atomic mass is 10.0. The van der Waals surface area contributed by atoms with Crippen LogP contribution in [-0.4, -0.2) is 17.9 Å². The van der Waals surface area contributed by atoms with Crippen LogP contribution in [0.25, 0.3) is 0 Å². The van der Waals surface area contributed by atoms with Gasteiger partial charge in [-0.25, -0.2) is 0 Å². The molecule has 0 radical (unpaired) electrons. The largest absolute Gasteiger partial charge is 0.348 e. The molecule has 4 nitrogen and oxygen atoms in total.